The fraction of sp³-hybridized carbons (Fsp3) is 0.462. The molecule has 3 nitrogen and oxygen atoms in total. The van der Waals surface area contributed by atoms with Crippen LogP contribution in [0.5, 0.6) is 0 Å². The van der Waals surface area contributed by atoms with Gasteiger partial charge in [-0.3, -0.25) is 4.79 Å². The molecular weight excluding hydrogens is 311 g/mol. The van der Waals surface area contributed by atoms with Crippen LogP contribution in [-0.4, -0.2) is 42.0 Å². The predicted octanol–water partition coefficient (Wildman–Crippen LogP) is 3.09. The first-order chi connectivity index (χ1) is 9.42. The molecule has 0 bridgehead atoms. The zero-order valence-electron chi connectivity index (χ0n) is 10.7. The summed E-state index contributed by atoms with van der Waals surface area (Å²) in [6.07, 6.45) is -0.527. The van der Waals surface area contributed by atoms with Gasteiger partial charge in [0.15, 0.2) is 0 Å². The SMILES string of the molecule is CC1CN(C(=O)c2cc(F)c(Cl)cc2F)CC(CCl)O1. The van der Waals surface area contributed by atoms with Crippen LogP contribution in [0, 0.1) is 11.6 Å². The highest BCUT2D eigenvalue weighted by atomic mass is 35.5. The molecule has 0 aliphatic carbocycles. The van der Waals surface area contributed by atoms with Gasteiger partial charge >= 0.3 is 0 Å². The molecule has 110 valence electrons. The Bertz CT molecular complexity index is 527. The molecule has 20 heavy (non-hydrogen) atoms. The van der Waals surface area contributed by atoms with Gasteiger partial charge in [0.1, 0.15) is 11.6 Å². The largest absolute Gasteiger partial charge is 0.370 e. The number of halogens is 4. The lowest BCUT2D eigenvalue weighted by Crippen LogP contribution is -2.50. The van der Waals surface area contributed by atoms with E-state index >= 15 is 0 Å². The van der Waals surface area contributed by atoms with E-state index in [0.717, 1.165) is 12.1 Å². The van der Waals surface area contributed by atoms with Crippen LogP contribution in [0.15, 0.2) is 12.1 Å². The van der Waals surface area contributed by atoms with Gasteiger partial charge in [-0.25, -0.2) is 8.78 Å². The summed E-state index contributed by atoms with van der Waals surface area (Å²) >= 11 is 11.2. The molecule has 1 aromatic carbocycles. The molecule has 0 spiro atoms. The summed E-state index contributed by atoms with van der Waals surface area (Å²) < 4.78 is 32.7. The molecule has 7 heteroatoms. The summed E-state index contributed by atoms with van der Waals surface area (Å²) in [4.78, 5) is 13.7. The standard InChI is InChI=1S/C13H13Cl2F2NO2/c1-7-5-18(6-8(4-14)20-7)13(19)9-2-12(17)10(15)3-11(9)16/h2-3,7-8H,4-6H2,1H3. The second kappa shape index (κ2) is 6.24. The summed E-state index contributed by atoms with van der Waals surface area (Å²) in [6, 6.07) is 1.61. The van der Waals surface area contributed by atoms with E-state index in [1.807, 2.05) is 0 Å². The first-order valence-corrected chi connectivity index (χ1v) is 6.99. The smallest absolute Gasteiger partial charge is 0.257 e. The van der Waals surface area contributed by atoms with Gasteiger partial charge in [-0.15, -0.1) is 11.6 Å². The number of amides is 1. The van der Waals surface area contributed by atoms with Crippen LogP contribution in [0.4, 0.5) is 8.78 Å². The van der Waals surface area contributed by atoms with Crippen LogP contribution in [-0.2, 0) is 4.74 Å². The quantitative estimate of drug-likeness (QED) is 0.618. The van der Waals surface area contributed by atoms with Crippen LogP contribution < -0.4 is 0 Å². The predicted molar refractivity (Wildman–Crippen MR) is 72.3 cm³/mol. The van der Waals surface area contributed by atoms with Crippen molar-refractivity contribution in [3.63, 3.8) is 0 Å². The Kier molecular flexibility index (Phi) is 4.83. The Labute approximate surface area is 125 Å². The Morgan fingerprint density at radius 3 is 2.75 bits per heavy atom. The van der Waals surface area contributed by atoms with E-state index in [9.17, 15) is 13.6 Å². The second-order valence-electron chi connectivity index (χ2n) is 4.68. The number of morpholine rings is 1. The zero-order chi connectivity index (χ0) is 14.9. The maximum absolute atomic E-state index is 13.8. The van der Waals surface area contributed by atoms with Crippen LogP contribution in [0.3, 0.4) is 0 Å². The molecule has 1 aliphatic heterocycles. The molecule has 2 rings (SSSR count). The van der Waals surface area contributed by atoms with E-state index in [0.29, 0.717) is 6.54 Å². The number of carbonyl (C=O) groups excluding carboxylic acids is 1. The summed E-state index contributed by atoms with van der Waals surface area (Å²) in [6.45, 7) is 2.34. The highest BCUT2D eigenvalue weighted by Crippen LogP contribution is 2.22. The molecule has 1 fully saturated rings. The van der Waals surface area contributed by atoms with Crippen molar-refractivity contribution in [3.05, 3.63) is 34.4 Å². The Hall–Kier alpha value is -0.910. The number of hydrogen-bond acceptors (Lipinski definition) is 2. The number of alkyl halides is 1. The van der Waals surface area contributed by atoms with Gasteiger partial charge in [-0.1, -0.05) is 11.6 Å². The van der Waals surface area contributed by atoms with E-state index in [-0.39, 0.29) is 35.2 Å². The first-order valence-electron chi connectivity index (χ1n) is 6.07. The Morgan fingerprint density at radius 2 is 2.10 bits per heavy atom. The minimum Gasteiger partial charge on any atom is -0.370 e. The highest BCUT2D eigenvalue weighted by molar-refractivity contribution is 6.30. The number of ether oxygens (including phenoxy) is 1. The molecule has 2 atom stereocenters. The number of benzene rings is 1. The maximum Gasteiger partial charge on any atom is 0.257 e. The van der Waals surface area contributed by atoms with Gasteiger partial charge < -0.3 is 9.64 Å². The van der Waals surface area contributed by atoms with Crippen molar-refractivity contribution in [2.24, 2.45) is 0 Å². The van der Waals surface area contributed by atoms with Crippen molar-refractivity contribution in [2.75, 3.05) is 19.0 Å². The topological polar surface area (TPSA) is 29.5 Å². The third kappa shape index (κ3) is 3.22. The summed E-state index contributed by atoms with van der Waals surface area (Å²) in [7, 11) is 0. The van der Waals surface area contributed by atoms with Crippen molar-refractivity contribution in [1.29, 1.82) is 0 Å². The number of rotatable bonds is 2. The van der Waals surface area contributed by atoms with E-state index in [1.165, 1.54) is 4.90 Å². The molecule has 0 radical (unpaired) electrons. The third-order valence-electron chi connectivity index (χ3n) is 3.03. The van der Waals surface area contributed by atoms with Gasteiger partial charge in [0.25, 0.3) is 5.91 Å². The number of hydrogen-bond donors (Lipinski definition) is 0. The molecule has 1 aliphatic rings. The minimum atomic E-state index is -0.844. The van der Waals surface area contributed by atoms with Crippen LogP contribution in [0.2, 0.25) is 5.02 Å². The molecule has 0 N–H and O–H groups in total. The number of nitrogens with zero attached hydrogens (tertiary/aromatic N) is 1. The second-order valence-corrected chi connectivity index (χ2v) is 5.40. The van der Waals surface area contributed by atoms with Crippen molar-refractivity contribution in [1.82, 2.24) is 4.90 Å². The molecule has 1 amide bonds. The normalized spacial score (nSPS) is 22.9. The van der Waals surface area contributed by atoms with Crippen molar-refractivity contribution in [2.45, 2.75) is 19.1 Å². The van der Waals surface area contributed by atoms with Gasteiger partial charge in [0.05, 0.1) is 28.7 Å². The minimum absolute atomic E-state index is 0.211. The molecule has 1 aromatic rings. The average Bonchev–Trinajstić information content (AvgIpc) is 2.41. The first kappa shape index (κ1) is 15.5. The van der Waals surface area contributed by atoms with Crippen LogP contribution in [0.25, 0.3) is 0 Å². The number of carbonyl (C=O) groups is 1. The van der Waals surface area contributed by atoms with Gasteiger partial charge in [0.2, 0.25) is 0 Å². The molecule has 0 saturated carbocycles. The summed E-state index contributed by atoms with van der Waals surface area (Å²) in [5, 5.41) is -0.354. The summed E-state index contributed by atoms with van der Waals surface area (Å²) in [5.41, 5.74) is -0.339. The van der Waals surface area contributed by atoms with Crippen molar-refractivity contribution >= 4 is 29.1 Å². The van der Waals surface area contributed by atoms with Gasteiger partial charge in [-0.2, -0.15) is 0 Å². The van der Waals surface area contributed by atoms with E-state index in [2.05, 4.69) is 0 Å². The van der Waals surface area contributed by atoms with E-state index in [4.69, 9.17) is 27.9 Å². The highest BCUT2D eigenvalue weighted by Gasteiger charge is 2.30. The molecular formula is C13H13Cl2F2NO2. The Balaban J connectivity index is 2.24. The van der Waals surface area contributed by atoms with E-state index in [1.54, 1.807) is 6.92 Å². The van der Waals surface area contributed by atoms with Crippen molar-refractivity contribution in [3.8, 4) is 0 Å². The lowest BCUT2D eigenvalue weighted by Gasteiger charge is -2.36. The van der Waals surface area contributed by atoms with E-state index < -0.39 is 17.5 Å². The monoisotopic (exact) mass is 323 g/mol. The summed E-state index contributed by atoms with van der Waals surface area (Å²) in [5.74, 6) is -2.04. The average molecular weight is 324 g/mol. The lowest BCUT2D eigenvalue weighted by atomic mass is 10.1. The third-order valence-corrected chi connectivity index (χ3v) is 3.66. The molecule has 1 heterocycles. The maximum atomic E-state index is 13.8. The zero-order valence-corrected chi connectivity index (χ0v) is 12.2. The van der Waals surface area contributed by atoms with Crippen LogP contribution >= 0.6 is 23.2 Å². The van der Waals surface area contributed by atoms with Crippen molar-refractivity contribution < 1.29 is 18.3 Å². The van der Waals surface area contributed by atoms with Crippen LogP contribution in [0.1, 0.15) is 17.3 Å². The lowest BCUT2D eigenvalue weighted by molar-refractivity contribution is -0.0571. The molecule has 2 unspecified atom stereocenters. The van der Waals surface area contributed by atoms with Gasteiger partial charge in [0, 0.05) is 13.1 Å². The Morgan fingerprint density at radius 1 is 1.40 bits per heavy atom. The fourth-order valence-electron chi connectivity index (χ4n) is 2.15. The molecule has 1 saturated heterocycles. The molecule has 0 aromatic heterocycles. The fourth-order valence-corrected chi connectivity index (χ4v) is 2.47. The van der Waals surface area contributed by atoms with Gasteiger partial charge in [-0.05, 0) is 19.1 Å².